The summed E-state index contributed by atoms with van der Waals surface area (Å²) < 4.78 is 0. The summed E-state index contributed by atoms with van der Waals surface area (Å²) in [4.78, 5) is 42.4. The number of carbonyl (C=O) groups excluding carboxylic acids is 3. The van der Waals surface area contributed by atoms with Gasteiger partial charge in [0.2, 0.25) is 5.78 Å². The van der Waals surface area contributed by atoms with Crippen LogP contribution in [-0.4, -0.2) is 94.1 Å². The van der Waals surface area contributed by atoms with Crippen LogP contribution in [0.2, 0.25) is 0 Å². The molecule has 3 aliphatic rings. The molecule has 0 saturated heterocycles. The normalized spacial score (nSPS) is 28.1. The number of nitrogens with zero attached hydrogens (tertiary/aromatic N) is 2. The van der Waals surface area contributed by atoms with Crippen LogP contribution in [0.3, 0.4) is 0 Å². The third-order valence-corrected chi connectivity index (χ3v) is 7.41. The summed E-state index contributed by atoms with van der Waals surface area (Å²) in [5.41, 5.74) is 3.18. The average molecular weight is 498 g/mol. The molecular formula is C26H31N3O7. The van der Waals surface area contributed by atoms with Gasteiger partial charge in [0.15, 0.2) is 11.4 Å². The Bertz CT molecular complexity index is 1260. The first-order valence-electron chi connectivity index (χ1n) is 11.6. The number of carbonyl (C=O) groups is 3. The smallest absolute Gasteiger partial charge is 0.255 e. The van der Waals surface area contributed by atoms with E-state index in [0.717, 1.165) is 5.56 Å². The molecule has 0 radical (unpaired) electrons. The lowest BCUT2D eigenvalue weighted by atomic mass is 9.57. The van der Waals surface area contributed by atoms with Gasteiger partial charge in [0.1, 0.15) is 22.8 Å². The van der Waals surface area contributed by atoms with E-state index in [1.807, 2.05) is 31.1 Å². The van der Waals surface area contributed by atoms with E-state index in [2.05, 4.69) is 0 Å². The molecular weight excluding hydrogens is 466 g/mol. The highest BCUT2D eigenvalue weighted by molar-refractivity contribution is 6.24. The van der Waals surface area contributed by atoms with Crippen molar-refractivity contribution in [3.05, 3.63) is 51.8 Å². The summed E-state index contributed by atoms with van der Waals surface area (Å²) in [6, 6.07) is 2.03. The minimum atomic E-state index is -2.64. The highest BCUT2D eigenvalue weighted by atomic mass is 16.3. The van der Waals surface area contributed by atoms with Crippen molar-refractivity contribution < 1.29 is 34.8 Å². The fourth-order valence-electron chi connectivity index (χ4n) is 5.81. The zero-order valence-corrected chi connectivity index (χ0v) is 20.6. The average Bonchev–Trinajstić information content (AvgIpc) is 2.77. The van der Waals surface area contributed by atoms with Crippen LogP contribution in [0.5, 0.6) is 5.75 Å². The lowest BCUT2D eigenvalue weighted by molar-refractivity contribution is -0.153. The van der Waals surface area contributed by atoms with E-state index in [1.54, 1.807) is 20.2 Å². The molecule has 6 N–H and O–H groups in total. The van der Waals surface area contributed by atoms with Crippen LogP contribution in [0.1, 0.15) is 23.1 Å². The van der Waals surface area contributed by atoms with Gasteiger partial charge in [0.25, 0.3) is 5.91 Å². The zero-order valence-electron chi connectivity index (χ0n) is 20.6. The maximum absolute atomic E-state index is 13.8. The monoisotopic (exact) mass is 497 g/mol. The Morgan fingerprint density at radius 2 is 1.83 bits per heavy atom. The molecule has 1 aromatic carbocycles. The Morgan fingerprint density at radius 1 is 1.17 bits per heavy atom. The molecule has 1 aromatic rings. The molecule has 0 bridgehead atoms. The largest absolute Gasteiger partial charge is 0.508 e. The minimum absolute atomic E-state index is 0.0578. The Balaban J connectivity index is 1.92. The molecule has 10 heteroatoms. The van der Waals surface area contributed by atoms with Crippen LogP contribution in [-0.2, 0) is 20.8 Å². The molecule has 192 valence electrons. The van der Waals surface area contributed by atoms with Gasteiger partial charge in [-0.25, -0.2) is 0 Å². The van der Waals surface area contributed by atoms with E-state index in [4.69, 9.17) is 5.73 Å². The highest BCUT2D eigenvalue weighted by Crippen LogP contribution is 2.53. The first-order chi connectivity index (χ1) is 16.8. The standard InChI is InChI=1S/C26H31N3O7/c1-28(2)9-5-6-12-7-8-16(30)18-14(12)10-13-11-15-20(29(3)4)22(32)19(25(27)35)24(34)26(15,36)23(33)17(13)21(18)31/h5-8,13,15,20,30-31,34,36H,9-11H2,1-4H3,(H2,27,35)/b6-5+/t13-,15-,20+,26-/m0/s1. The molecule has 1 amide bonds. The zero-order chi connectivity index (χ0) is 26.7. The molecule has 10 nitrogen and oxygen atoms in total. The van der Waals surface area contributed by atoms with Crippen LogP contribution in [0, 0.1) is 11.8 Å². The molecule has 0 spiro atoms. The van der Waals surface area contributed by atoms with Crippen LogP contribution in [0.25, 0.3) is 11.8 Å². The number of ketones is 2. The van der Waals surface area contributed by atoms with E-state index in [0.29, 0.717) is 12.1 Å². The number of hydrogen-bond donors (Lipinski definition) is 5. The number of primary amides is 1. The number of aliphatic hydroxyl groups excluding tert-OH is 2. The molecule has 36 heavy (non-hydrogen) atoms. The van der Waals surface area contributed by atoms with Crippen molar-refractivity contribution in [1.29, 1.82) is 0 Å². The lowest BCUT2D eigenvalue weighted by Crippen LogP contribution is -2.65. The second-order valence-corrected chi connectivity index (χ2v) is 10.2. The fourth-order valence-corrected chi connectivity index (χ4v) is 5.81. The SMILES string of the molecule is CN(C)C/C=C/c1ccc(O)c2c1C[C@H]1C[C@H]3[C@@H](N(C)C)C(=O)C(C(N)=O)=C(O)[C@@]3(O)C(=O)C1=C2O. The van der Waals surface area contributed by atoms with Crippen molar-refractivity contribution >= 4 is 29.3 Å². The van der Waals surface area contributed by atoms with Crippen molar-refractivity contribution in [3.8, 4) is 5.75 Å². The number of rotatable bonds is 5. The van der Waals surface area contributed by atoms with Crippen LogP contribution < -0.4 is 5.73 Å². The molecule has 4 rings (SSSR count). The Morgan fingerprint density at radius 3 is 2.42 bits per heavy atom. The minimum Gasteiger partial charge on any atom is -0.508 e. The van der Waals surface area contributed by atoms with Crippen molar-refractivity contribution in [2.24, 2.45) is 17.6 Å². The Labute approximate surface area is 208 Å². The fraction of sp³-hybridized carbons (Fsp3) is 0.423. The van der Waals surface area contributed by atoms with Crippen molar-refractivity contribution in [2.45, 2.75) is 24.5 Å². The molecule has 0 heterocycles. The summed E-state index contributed by atoms with van der Waals surface area (Å²) in [6.07, 6.45) is 4.12. The lowest BCUT2D eigenvalue weighted by Gasteiger charge is -2.50. The maximum atomic E-state index is 13.8. The van der Waals surface area contributed by atoms with Crippen molar-refractivity contribution in [1.82, 2.24) is 9.80 Å². The maximum Gasteiger partial charge on any atom is 0.255 e. The van der Waals surface area contributed by atoms with Gasteiger partial charge < -0.3 is 31.1 Å². The Kier molecular flexibility index (Phi) is 6.32. The second-order valence-electron chi connectivity index (χ2n) is 10.2. The number of nitrogens with two attached hydrogens (primary N) is 1. The first-order valence-corrected chi connectivity index (χ1v) is 11.6. The number of phenolic OH excluding ortho intramolecular Hbond substituents is 1. The highest BCUT2D eigenvalue weighted by Gasteiger charge is 2.64. The number of Topliss-reactive ketones (excluding diaryl/α,β-unsaturated/α-hetero) is 2. The van der Waals surface area contributed by atoms with Gasteiger partial charge in [-0.2, -0.15) is 0 Å². The molecule has 1 saturated carbocycles. The van der Waals surface area contributed by atoms with Gasteiger partial charge in [-0.05, 0) is 64.1 Å². The van der Waals surface area contributed by atoms with Gasteiger partial charge in [-0.15, -0.1) is 0 Å². The number of phenols is 1. The molecule has 0 aliphatic heterocycles. The third kappa shape index (κ3) is 3.64. The van der Waals surface area contributed by atoms with E-state index < -0.39 is 58.0 Å². The number of amides is 1. The van der Waals surface area contributed by atoms with Crippen molar-refractivity contribution in [3.63, 3.8) is 0 Å². The topological polar surface area (TPSA) is 165 Å². The number of likely N-dealkylation sites (N-methyl/N-ethyl adjacent to an activating group) is 2. The van der Waals surface area contributed by atoms with Gasteiger partial charge in [-0.1, -0.05) is 18.2 Å². The summed E-state index contributed by atoms with van der Waals surface area (Å²) >= 11 is 0. The van der Waals surface area contributed by atoms with Crippen LogP contribution in [0.15, 0.2) is 35.1 Å². The number of hydrogen-bond acceptors (Lipinski definition) is 9. The predicted molar refractivity (Wildman–Crippen MR) is 132 cm³/mol. The number of aromatic hydroxyl groups is 1. The molecule has 4 atom stereocenters. The van der Waals surface area contributed by atoms with Gasteiger partial charge in [0.05, 0.1) is 11.6 Å². The quantitative estimate of drug-likeness (QED) is 0.365. The number of benzene rings is 1. The predicted octanol–water partition coefficient (Wildman–Crippen LogP) is 0.539. The van der Waals surface area contributed by atoms with Crippen LogP contribution >= 0.6 is 0 Å². The number of aliphatic hydroxyl groups is 3. The van der Waals surface area contributed by atoms with Gasteiger partial charge in [0, 0.05) is 18.0 Å². The summed E-state index contributed by atoms with van der Waals surface area (Å²) in [6.45, 7) is 0.667. The van der Waals surface area contributed by atoms with E-state index in [9.17, 15) is 34.8 Å². The van der Waals surface area contributed by atoms with Gasteiger partial charge >= 0.3 is 0 Å². The van der Waals surface area contributed by atoms with Gasteiger partial charge in [-0.3, -0.25) is 19.3 Å². The molecule has 1 fully saturated rings. The van der Waals surface area contributed by atoms with E-state index in [1.165, 1.54) is 11.0 Å². The Hall–Kier alpha value is -3.47. The van der Waals surface area contributed by atoms with Crippen LogP contribution in [0.4, 0.5) is 0 Å². The summed E-state index contributed by atoms with van der Waals surface area (Å²) in [5, 5.41) is 44.3. The summed E-state index contributed by atoms with van der Waals surface area (Å²) in [5.74, 6) is -6.57. The van der Waals surface area contributed by atoms with Crippen molar-refractivity contribution in [2.75, 3.05) is 34.7 Å². The molecule has 0 unspecified atom stereocenters. The van der Waals surface area contributed by atoms with E-state index in [-0.39, 0.29) is 29.7 Å². The third-order valence-electron chi connectivity index (χ3n) is 7.41. The second kappa shape index (κ2) is 8.88. The molecule has 0 aromatic heterocycles. The van der Waals surface area contributed by atoms with E-state index >= 15 is 0 Å². The molecule has 3 aliphatic carbocycles. The number of fused-ring (bicyclic) bond motifs is 3. The first kappa shape index (κ1) is 25.6. The summed E-state index contributed by atoms with van der Waals surface area (Å²) in [7, 11) is 6.98.